The van der Waals surface area contributed by atoms with E-state index in [9.17, 15) is 8.60 Å². The van der Waals surface area contributed by atoms with E-state index in [2.05, 4.69) is 0 Å². The van der Waals surface area contributed by atoms with Gasteiger partial charge in [-0.25, -0.2) is 4.39 Å². The highest BCUT2D eigenvalue weighted by molar-refractivity contribution is 7.84. The third-order valence-electron chi connectivity index (χ3n) is 2.34. The minimum absolute atomic E-state index is 0.249. The summed E-state index contributed by atoms with van der Waals surface area (Å²) in [5, 5.41) is 0. The summed E-state index contributed by atoms with van der Waals surface area (Å²) in [7, 11) is -0.972. The quantitative estimate of drug-likeness (QED) is 0.779. The molecule has 0 aliphatic heterocycles. The molecule has 2 rings (SSSR count). The lowest BCUT2D eigenvalue weighted by atomic mass is 10.1. The first kappa shape index (κ1) is 11.0. The Morgan fingerprint density at radius 1 is 1.00 bits per heavy atom. The third-order valence-corrected chi connectivity index (χ3v) is 3.28. The van der Waals surface area contributed by atoms with Crippen molar-refractivity contribution in [1.29, 1.82) is 0 Å². The molecule has 1 atom stereocenters. The van der Waals surface area contributed by atoms with E-state index in [0.717, 1.165) is 16.0 Å². The van der Waals surface area contributed by atoms with Gasteiger partial charge in [0.1, 0.15) is 5.82 Å². The van der Waals surface area contributed by atoms with Crippen molar-refractivity contribution in [3.8, 4) is 11.1 Å². The zero-order chi connectivity index (χ0) is 11.5. The molecule has 0 aliphatic rings. The summed E-state index contributed by atoms with van der Waals surface area (Å²) in [5.74, 6) is -0.249. The van der Waals surface area contributed by atoms with Gasteiger partial charge in [0, 0.05) is 22.0 Å². The Balaban J connectivity index is 2.38. The highest BCUT2D eigenvalue weighted by Gasteiger charge is 2.01. The highest BCUT2D eigenvalue weighted by Crippen LogP contribution is 2.21. The van der Waals surface area contributed by atoms with E-state index < -0.39 is 10.8 Å². The zero-order valence-corrected chi connectivity index (χ0v) is 9.63. The van der Waals surface area contributed by atoms with Crippen molar-refractivity contribution >= 4 is 10.8 Å². The molecule has 0 saturated carbocycles. The van der Waals surface area contributed by atoms with Crippen molar-refractivity contribution in [3.05, 3.63) is 54.3 Å². The number of halogens is 1. The van der Waals surface area contributed by atoms with Gasteiger partial charge >= 0.3 is 0 Å². The Hall–Kier alpha value is -1.48. The summed E-state index contributed by atoms with van der Waals surface area (Å²) < 4.78 is 24.2. The fourth-order valence-electron chi connectivity index (χ4n) is 1.51. The van der Waals surface area contributed by atoms with Gasteiger partial charge in [-0.1, -0.05) is 24.3 Å². The molecule has 0 N–H and O–H groups in total. The topological polar surface area (TPSA) is 17.1 Å². The van der Waals surface area contributed by atoms with Gasteiger partial charge in [-0.15, -0.1) is 0 Å². The maximum atomic E-state index is 13.0. The van der Waals surface area contributed by atoms with Crippen LogP contribution in [0.2, 0.25) is 0 Å². The number of rotatable bonds is 2. The molecule has 82 valence electrons. The van der Waals surface area contributed by atoms with Gasteiger partial charge in [0.15, 0.2) is 0 Å². The van der Waals surface area contributed by atoms with E-state index in [4.69, 9.17) is 0 Å². The number of benzene rings is 2. The predicted octanol–water partition coefficient (Wildman–Crippen LogP) is 3.23. The van der Waals surface area contributed by atoms with Crippen LogP contribution >= 0.6 is 0 Å². The molecule has 0 saturated heterocycles. The molecule has 2 aromatic rings. The van der Waals surface area contributed by atoms with Crippen LogP contribution in [0.5, 0.6) is 0 Å². The Labute approximate surface area is 96.4 Å². The molecule has 0 fully saturated rings. The van der Waals surface area contributed by atoms with E-state index in [-0.39, 0.29) is 5.82 Å². The van der Waals surface area contributed by atoms with Crippen LogP contribution < -0.4 is 0 Å². The Bertz CT molecular complexity index is 520. The molecule has 0 aromatic heterocycles. The highest BCUT2D eigenvalue weighted by atomic mass is 32.2. The Morgan fingerprint density at radius 3 is 2.25 bits per heavy atom. The van der Waals surface area contributed by atoms with Crippen LogP contribution in [0.1, 0.15) is 0 Å². The SMILES string of the molecule is CS(=O)c1ccc(-c2cccc(F)c2)cc1. The van der Waals surface area contributed by atoms with Crippen molar-refractivity contribution < 1.29 is 8.60 Å². The largest absolute Gasteiger partial charge is 0.255 e. The minimum atomic E-state index is -0.972. The minimum Gasteiger partial charge on any atom is -0.255 e. The maximum Gasteiger partial charge on any atom is 0.123 e. The van der Waals surface area contributed by atoms with Crippen molar-refractivity contribution in [2.45, 2.75) is 4.90 Å². The summed E-state index contributed by atoms with van der Waals surface area (Å²) in [6.45, 7) is 0. The van der Waals surface area contributed by atoms with Crippen LogP contribution in [0.4, 0.5) is 4.39 Å². The van der Waals surface area contributed by atoms with Crippen LogP contribution in [0, 0.1) is 5.82 Å². The van der Waals surface area contributed by atoms with Gasteiger partial charge in [-0.05, 0) is 35.4 Å². The molecule has 1 nitrogen and oxygen atoms in total. The van der Waals surface area contributed by atoms with Gasteiger partial charge in [0.2, 0.25) is 0 Å². The summed E-state index contributed by atoms with van der Waals surface area (Å²) in [6, 6.07) is 13.7. The van der Waals surface area contributed by atoms with Crippen molar-refractivity contribution in [2.24, 2.45) is 0 Å². The van der Waals surface area contributed by atoms with Gasteiger partial charge in [0.05, 0.1) is 0 Å². The molecule has 1 unspecified atom stereocenters. The molecule has 0 radical (unpaired) electrons. The first-order chi connectivity index (χ1) is 7.66. The second kappa shape index (κ2) is 4.58. The Kier molecular flexibility index (Phi) is 3.15. The first-order valence-electron chi connectivity index (χ1n) is 4.86. The van der Waals surface area contributed by atoms with Crippen molar-refractivity contribution in [3.63, 3.8) is 0 Å². The molecule has 16 heavy (non-hydrogen) atoms. The smallest absolute Gasteiger partial charge is 0.123 e. The maximum absolute atomic E-state index is 13.0. The standard InChI is InChI=1S/C13H11FOS/c1-16(15)13-7-5-10(6-8-13)11-3-2-4-12(14)9-11/h2-9H,1H3. The molecule has 0 amide bonds. The number of hydrogen-bond acceptors (Lipinski definition) is 1. The van der Waals surface area contributed by atoms with E-state index >= 15 is 0 Å². The van der Waals surface area contributed by atoms with Crippen LogP contribution in [-0.4, -0.2) is 10.5 Å². The number of hydrogen-bond donors (Lipinski definition) is 0. The van der Waals surface area contributed by atoms with Crippen molar-refractivity contribution in [2.75, 3.05) is 6.26 Å². The van der Waals surface area contributed by atoms with E-state index in [1.807, 2.05) is 18.2 Å². The summed E-state index contributed by atoms with van der Waals surface area (Å²) in [4.78, 5) is 0.778. The van der Waals surface area contributed by atoms with Crippen LogP contribution in [-0.2, 0) is 10.8 Å². The first-order valence-corrected chi connectivity index (χ1v) is 6.42. The normalized spacial score (nSPS) is 12.4. The average molecular weight is 234 g/mol. The molecule has 0 heterocycles. The predicted molar refractivity (Wildman–Crippen MR) is 64.2 cm³/mol. The van der Waals surface area contributed by atoms with Gasteiger partial charge < -0.3 is 0 Å². The molecular formula is C13H11FOS. The van der Waals surface area contributed by atoms with Gasteiger partial charge in [-0.2, -0.15) is 0 Å². The zero-order valence-electron chi connectivity index (χ0n) is 8.81. The van der Waals surface area contributed by atoms with E-state index in [0.29, 0.717) is 0 Å². The molecule has 0 aliphatic carbocycles. The van der Waals surface area contributed by atoms with E-state index in [1.165, 1.54) is 12.1 Å². The molecule has 3 heteroatoms. The lowest BCUT2D eigenvalue weighted by molar-refractivity contribution is 0.628. The van der Waals surface area contributed by atoms with Crippen LogP contribution in [0.3, 0.4) is 0 Å². The monoisotopic (exact) mass is 234 g/mol. The third kappa shape index (κ3) is 2.36. The molecule has 0 bridgehead atoms. The summed E-state index contributed by atoms with van der Waals surface area (Å²) in [5.41, 5.74) is 1.75. The second-order valence-corrected chi connectivity index (χ2v) is 4.87. The average Bonchev–Trinajstić information content (AvgIpc) is 2.29. The summed E-state index contributed by atoms with van der Waals surface area (Å²) in [6.07, 6.45) is 1.64. The van der Waals surface area contributed by atoms with Gasteiger partial charge in [0.25, 0.3) is 0 Å². The lowest BCUT2D eigenvalue weighted by Crippen LogP contribution is -1.87. The molecule has 0 spiro atoms. The van der Waals surface area contributed by atoms with E-state index in [1.54, 1.807) is 24.5 Å². The molecular weight excluding hydrogens is 223 g/mol. The van der Waals surface area contributed by atoms with Crippen LogP contribution in [0.25, 0.3) is 11.1 Å². The fraction of sp³-hybridized carbons (Fsp3) is 0.0769. The Morgan fingerprint density at radius 2 is 1.69 bits per heavy atom. The molecule has 2 aromatic carbocycles. The van der Waals surface area contributed by atoms with Crippen LogP contribution in [0.15, 0.2) is 53.4 Å². The summed E-state index contributed by atoms with van der Waals surface area (Å²) >= 11 is 0. The lowest BCUT2D eigenvalue weighted by Gasteiger charge is -2.02. The van der Waals surface area contributed by atoms with Crippen molar-refractivity contribution in [1.82, 2.24) is 0 Å². The fourth-order valence-corrected chi connectivity index (χ4v) is 2.03. The van der Waals surface area contributed by atoms with Gasteiger partial charge in [-0.3, -0.25) is 4.21 Å². The second-order valence-electron chi connectivity index (χ2n) is 3.49.